The molecule has 0 spiro atoms. The van der Waals surface area contributed by atoms with E-state index in [4.69, 9.17) is 0 Å². The molecule has 6 heteroatoms. The standard InChI is InChI=1S/C6H14N2.C5H12N2.C4H10N2/c1-6-5-7-3-4-8(6)2;1-7-4-2-6-3-5-7;1-2-6-4-3-5-1/h6-7H,3-5H2,1-2H3;6H,2-5H2,1H3;5-6H,1-4H2. The van der Waals surface area contributed by atoms with Crippen molar-refractivity contribution in [3.8, 4) is 0 Å². The van der Waals surface area contributed by atoms with Crippen LogP contribution in [0, 0.1) is 0 Å². The summed E-state index contributed by atoms with van der Waals surface area (Å²) in [7, 11) is 4.33. The SMILES string of the molecule is C1CNCCN1.CC1CNCCN1C.CN1CCNCC1. The third kappa shape index (κ3) is 10.2. The molecule has 0 aliphatic carbocycles. The second kappa shape index (κ2) is 12.3. The summed E-state index contributed by atoms with van der Waals surface area (Å²) in [5.74, 6) is 0. The Kier molecular flexibility index (Phi) is 11.0. The first-order valence-corrected chi connectivity index (χ1v) is 8.42. The zero-order valence-electron chi connectivity index (χ0n) is 14.2. The van der Waals surface area contributed by atoms with E-state index in [0.717, 1.165) is 58.4 Å². The number of hydrogen-bond acceptors (Lipinski definition) is 6. The number of nitrogens with one attached hydrogen (secondary N) is 4. The Morgan fingerprint density at radius 1 is 0.667 bits per heavy atom. The van der Waals surface area contributed by atoms with Crippen molar-refractivity contribution < 1.29 is 0 Å². The van der Waals surface area contributed by atoms with Crippen molar-refractivity contribution in [2.75, 3.05) is 86.1 Å². The molecular formula is C15H36N6. The fourth-order valence-corrected chi connectivity index (χ4v) is 2.32. The largest absolute Gasteiger partial charge is 0.314 e. The predicted molar refractivity (Wildman–Crippen MR) is 91.1 cm³/mol. The number of likely N-dealkylation sites (N-methyl/N-ethyl adjacent to an activating group) is 2. The van der Waals surface area contributed by atoms with E-state index in [-0.39, 0.29) is 0 Å². The smallest absolute Gasteiger partial charge is 0.0189 e. The highest BCUT2D eigenvalue weighted by molar-refractivity contribution is 4.71. The van der Waals surface area contributed by atoms with Crippen LogP contribution in [0.15, 0.2) is 0 Å². The lowest BCUT2D eigenvalue weighted by Gasteiger charge is -2.29. The van der Waals surface area contributed by atoms with Crippen LogP contribution in [0.5, 0.6) is 0 Å². The molecule has 3 saturated heterocycles. The van der Waals surface area contributed by atoms with E-state index in [1.165, 1.54) is 19.6 Å². The fourth-order valence-electron chi connectivity index (χ4n) is 2.32. The van der Waals surface area contributed by atoms with Crippen LogP contribution in [0.1, 0.15) is 6.92 Å². The van der Waals surface area contributed by atoms with Gasteiger partial charge >= 0.3 is 0 Å². The van der Waals surface area contributed by atoms with Crippen molar-refractivity contribution in [1.82, 2.24) is 31.1 Å². The normalized spacial score (nSPS) is 27.9. The van der Waals surface area contributed by atoms with Gasteiger partial charge in [0, 0.05) is 78.0 Å². The Bertz CT molecular complexity index is 207. The van der Waals surface area contributed by atoms with Gasteiger partial charge in [-0.05, 0) is 21.0 Å². The Hall–Kier alpha value is -0.240. The molecule has 3 aliphatic heterocycles. The molecule has 1 unspecified atom stereocenters. The molecule has 0 aromatic rings. The minimum Gasteiger partial charge on any atom is -0.314 e. The molecule has 0 aromatic heterocycles. The summed E-state index contributed by atoms with van der Waals surface area (Å²) in [5.41, 5.74) is 0. The fraction of sp³-hybridized carbons (Fsp3) is 1.00. The highest BCUT2D eigenvalue weighted by Gasteiger charge is 2.11. The van der Waals surface area contributed by atoms with Crippen LogP contribution >= 0.6 is 0 Å². The predicted octanol–water partition coefficient (Wildman–Crippen LogP) is -1.39. The summed E-state index contributed by atoms with van der Waals surface area (Å²) in [6.07, 6.45) is 0. The second-order valence-electron chi connectivity index (χ2n) is 6.09. The Morgan fingerprint density at radius 3 is 1.43 bits per heavy atom. The molecule has 21 heavy (non-hydrogen) atoms. The third-order valence-electron chi connectivity index (χ3n) is 4.13. The van der Waals surface area contributed by atoms with E-state index in [0.29, 0.717) is 0 Å². The molecule has 0 amide bonds. The Labute approximate surface area is 131 Å². The molecule has 4 N–H and O–H groups in total. The van der Waals surface area contributed by atoms with Crippen molar-refractivity contribution in [3.05, 3.63) is 0 Å². The molecular weight excluding hydrogens is 264 g/mol. The quantitative estimate of drug-likeness (QED) is 0.442. The zero-order valence-corrected chi connectivity index (χ0v) is 14.2. The van der Waals surface area contributed by atoms with Gasteiger partial charge in [-0.3, -0.25) is 0 Å². The van der Waals surface area contributed by atoms with Gasteiger partial charge in [-0.1, -0.05) is 0 Å². The first-order chi connectivity index (χ1) is 10.2. The number of piperazine rings is 3. The Morgan fingerprint density at radius 2 is 1.14 bits per heavy atom. The molecule has 3 rings (SSSR count). The van der Waals surface area contributed by atoms with Crippen molar-refractivity contribution in [2.45, 2.75) is 13.0 Å². The number of hydrogen-bond donors (Lipinski definition) is 4. The van der Waals surface area contributed by atoms with E-state index >= 15 is 0 Å². The minimum absolute atomic E-state index is 0.726. The van der Waals surface area contributed by atoms with Gasteiger partial charge in [0.25, 0.3) is 0 Å². The third-order valence-corrected chi connectivity index (χ3v) is 4.13. The minimum atomic E-state index is 0.726. The van der Waals surface area contributed by atoms with Crippen molar-refractivity contribution >= 4 is 0 Å². The van der Waals surface area contributed by atoms with Crippen molar-refractivity contribution in [1.29, 1.82) is 0 Å². The van der Waals surface area contributed by atoms with Gasteiger partial charge in [-0.25, -0.2) is 0 Å². The first kappa shape index (κ1) is 18.8. The highest BCUT2D eigenvalue weighted by Crippen LogP contribution is 1.95. The highest BCUT2D eigenvalue weighted by atomic mass is 15.2. The maximum absolute atomic E-state index is 3.32. The summed E-state index contributed by atoms with van der Waals surface area (Å²) in [6.45, 7) is 15.0. The monoisotopic (exact) mass is 300 g/mol. The second-order valence-corrected chi connectivity index (χ2v) is 6.09. The summed E-state index contributed by atoms with van der Waals surface area (Å²) in [5, 5.41) is 13.0. The van der Waals surface area contributed by atoms with E-state index in [9.17, 15) is 0 Å². The lowest BCUT2D eigenvalue weighted by molar-refractivity contribution is 0.215. The van der Waals surface area contributed by atoms with Crippen LogP contribution in [-0.4, -0.2) is 102 Å². The molecule has 0 radical (unpaired) electrons. The summed E-state index contributed by atoms with van der Waals surface area (Å²) in [4.78, 5) is 4.70. The molecule has 0 aromatic carbocycles. The molecule has 1 atom stereocenters. The summed E-state index contributed by atoms with van der Waals surface area (Å²) in [6, 6.07) is 0.726. The van der Waals surface area contributed by atoms with Gasteiger partial charge in [0.05, 0.1) is 0 Å². The Balaban J connectivity index is 0.000000159. The van der Waals surface area contributed by atoms with Gasteiger partial charge in [-0.15, -0.1) is 0 Å². The lowest BCUT2D eigenvalue weighted by atomic mass is 10.2. The van der Waals surface area contributed by atoms with Crippen LogP contribution in [0.2, 0.25) is 0 Å². The summed E-state index contributed by atoms with van der Waals surface area (Å²) < 4.78 is 0. The van der Waals surface area contributed by atoms with E-state index < -0.39 is 0 Å². The van der Waals surface area contributed by atoms with E-state index in [1.807, 2.05) is 0 Å². The number of rotatable bonds is 0. The van der Waals surface area contributed by atoms with Crippen molar-refractivity contribution in [3.63, 3.8) is 0 Å². The number of nitrogens with zero attached hydrogens (tertiary/aromatic N) is 2. The average molecular weight is 300 g/mol. The van der Waals surface area contributed by atoms with Gasteiger partial charge in [0.2, 0.25) is 0 Å². The van der Waals surface area contributed by atoms with Crippen LogP contribution < -0.4 is 21.3 Å². The maximum atomic E-state index is 3.32. The van der Waals surface area contributed by atoms with Crippen LogP contribution in [0.3, 0.4) is 0 Å². The van der Waals surface area contributed by atoms with E-state index in [2.05, 4.69) is 52.1 Å². The molecule has 0 saturated carbocycles. The average Bonchev–Trinajstić information content (AvgIpc) is 2.54. The maximum Gasteiger partial charge on any atom is 0.0189 e. The zero-order chi connectivity index (χ0) is 15.3. The van der Waals surface area contributed by atoms with Gasteiger partial charge in [-0.2, -0.15) is 0 Å². The lowest BCUT2D eigenvalue weighted by Crippen LogP contribution is -2.47. The van der Waals surface area contributed by atoms with Gasteiger partial charge in [0.15, 0.2) is 0 Å². The molecule has 3 fully saturated rings. The summed E-state index contributed by atoms with van der Waals surface area (Å²) >= 11 is 0. The molecule has 126 valence electrons. The molecule has 0 bridgehead atoms. The molecule has 3 aliphatic rings. The van der Waals surface area contributed by atoms with Gasteiger partial charge in [0.1, 0.15) is 0 Å². The van der Waals surface area contributed by atoms with Crippen LogP contribution in [-0.2, 0) is 0 Å². The van der Waals surface area contributed by atoms with Crippen molar-refractivity contribution in [2.24, 2.45) is 0 Å². The topological polar surface area (TPSA) is 54.6 Å². The molecule has 6 nitrogen and oxygen atoms in total. The molecule has 3 heterocycles. The van der Waals surface area contributed by atoms with Gasteiger partial charge < -0.3 is 31.1 Å². The van der Waals surface area contributed by atoms with E-state index in [1.54, 1.807) is 0 Å². The van der Waals surface area contributed by atoms with Crippen LogP contribution in [0.25, 0.3) is 0 Å². The first-order valence-electron chi connectivity index (χ1n) is 8.42. The van der Waals surface area contributed by atoms with Crippen LogP contribution in [0.4, 0.5) is 0 Å².